The standard InChI is InChI=1S/C19H21BrO3/c1-4-5-10-22-17-9-8-15(12-16(17)20)19(21)23-18-11-13(2)6-7-14(18)3/h6-9,11-12H,4-5,10H2,1-3H3. The van der Waals surface area contributed by atoms with Gasteiger partial charge in [-0.1, -0.05) is 25.5 Å². The minimum Gasteiger partial charge on any atom is -0.492 e. The summed E-state index contributed by atoms with van der Waals surface area (Å²) in [6.45, 7) is 6.67. The van der Waals surface area contributed by atoms with Crippen LogP contribution >= 0.6 is 15.9 Å². The van der Waals surface area contributed by atoms with E-state index in [-0.39, 0.29) is 5.97 Å². The molecule has 0 saturated carbocycles. The summed E-state index contributed by atoms with van der Waals surface area (Å²) in [4.78, 5) is 12.3. The molecule has 0 N–H and O–H groups in total. The normalized spacial score (nSPS) is 10.4. The van der Waals surface area contributed by atoms with Crippen molar-refractivity contribution in [2.75, 3.05) is 6.61 Å². The van der Waals surface area contributed by atoms with Crippen molar-refractivity contribution < 1.29 is 14.3 Å². The van der Waals surface area contributed by atoms with E-state index in [4.69, 9.17) is 9.47 Å². The number of benzene rings is 2. The average molecular weight is 377 g/mol. The molecule has 23 heavy (non-hydrogen) atoms. The zero-order valence-corrected chi connectivity index (χ0v) is 15.3. The van der Waals surface area contributed by atoms with E-state index in [9.17, 15) is 4.79 Å². The highest BCUT2D eigenvalue weighted by Crippen LogP contribution is 2.27. The molecule has 2 rings (SSSR count). The van der Waals surface area contributed by atoms with Crippen LogP contribution in [0.5, 0.6) is 11.5 Å². The number of rotatable bonds is 6. The number of hydrogen-bond donors (Lipinski definition) is 0. The lowest BCUT2D eigenvalue weighted by atomic mass is 10.1. The Balaban J connectivity index is 2.10. The fraction of sp³-hybridized carbons (Fsp3) is 0.316. The first-order chi connectivity index (χ1) is 11.0. The molecule has 0 unspecified atom stereocenters. The lowest BCUT2D eigenvalue weighted by molar-refractivity contribution is 0.0733. The van der Waals surface area contributed by atoms with Crippen molar-refractivity contribution in [3.05, 3.63) is 57.6 Å². The lowest BCUT2D eigenvalue weighted by Crippen LogP contribution is -2.09. The summed E-state index contributed by atoms with van der Waals surface area (Å²) in [5, 5.41) is 0. The second-order valence-corrected chi connectivity index (χ2v) is 6.36. The van der Waals surface area contributed by atoms with Crippen LogP contribution in [-0.2, 0) is 0 Å². The molecule has 0 atom stereocenters. The predicted octanol–water partition coefficient (Wildman–Crippen LogP) is 5.46. The molecule has 2 aromatic rings. The molecular formula is C19H21BrO3. The number of esters is 1. The van der Waals surface area contributed by atoms with Crippen LogP contribution in [0.25, 0.3) is 0 Å². The van der Waals surface area contributed by atoms with Gasteiger partial charge in [0.05, 0.1) is 16.6 Å². The number of ether oxygens (including phenoxy) is 2. The Morgan fingerprint density at radius 1 is 1.09 bits per heavy atom. The predicted molar refractivity (Wildman–Crippen MR) is 95.4 cm³/mol. The molecular weight excluding hydrogens is 356 g/mol. The fourth-order valence-electron chi connectivity index (χ4n) is 2.05. The third-order valence-electron chi connectivity index (χ3n) is 3.47. The number of hydrogen-bond acceptors (Lipinski definition) is 3. The fourth-order valence-corrected chi connectivity index (χ4v) is 2.54. The molecule has 4 heteroatoms. The Bertz CT molecular complexity index is 695. The molecule has 0 bridgehead atoms. The van der Waals surface area contributed by atoms with E-state index in [1.165, 1.54) is 0 Å². The highest BCUT2D eigenvalue weighted by Gasteiger charge is 2.13. The van der Waals surface area contributed by atoms with Crippen molar-refractivity contribution in [2.24, 2.45) is 0 Å². The molecule has 0 aliphatic carbocycles. The summed E-state index contributed by atoms with van der Waals surface area (Å²) < 4.78 is 11.9. The molecule has 0 aliphatic heterocycles. The van der Waals surface area contributed by atoms with E-state index < -0.39 is 0 Å². The van der Waals surface area contributed by atoms with Crippen molar-refractivity contribution >= 4 is 21.9 Å². The highest BCUT2D eigenvalue weighted by molar-refractivity contribution is 9.10. The van der Waals surface area contributed by atoms with Gasteiger partial charge in [0.25, 0.3) is 0 Å². The molecule has 3 nitrogen and oxygen atoms in total. The van der Waals surface area contributed by atoms with Crippen LogP contribution < -0.4 is 9.47 Å². The topological polar surface area (TPSA) is 35.5 Å². The van der Waals surface area contributed by atoms with Crippen LogP contribution in [0.2, 0.25) is 0 Å². The van der Waals surface area contributed by atoms with Gasteiger partial charge in [0.15, 0.2) is 0 Å². The van der Waals surface area contributed by atoms with Gasteiger partial charge < -0.3 is 9.47 Å². The van der Waals surface area contributed by atoms with Crippen molar-refractivity contribution in [3.63, 3.8) is 0 Å². The van der Waals surface area contributed by atoms with Gasteiger partial charge in [-0.2, -0.15) is 0 Å². The Morgan fingerprint density at radius 2 is 1.87 bits per heavy atom. The first-order valence-electron chi connectivity index (χ1n) is 7.73. The van der Waals surface area contributed by atoms with Crippen molar-refractivity contribution in [1.82, 2.24) is 0 Å². The Hall–Kier alpha value is -1.81. The molecule has 0 aromatic heterocycles. The van der Waals surface area contributed by atoms with Crippen LogP contribution in [0.1, 0.15) is 41.3 Å². The maximum absolute atomic E-state index is 12.3. The van der Waals surface area contributed by atoms with Gasteiger partial charge in [0.1, 0.15) is 11.5 Å². The molecule has 0 saturated heterocycles. The molecule has 0 spiro atoms. The highest BCUT2D eigenvalue weighted by atomic mass is 79.9. The summed E-state index contributed by atoms with van der Waals surface area (Å²) >= 11 is 3.45. The Kier molecular flexibility index (Phi) is 6.22. The van der Waals surface area contributed by atoms with E-state index in [0.717, 1.165) is 34.2 Å². The minimum atomic E-state index is -0.375. The van der Waals surface area contributed by atoms with Crippen LogP contribution in [-0.4, -0.2) is 12.6 Å². The summed E-state index contributed by atoms with van der Waals surface area (Å²) in [6.07, 6.45) is 2.08. The monoisotopic (exact) mass is 376 g/mol. The SMILES string of the molecule is CCCCOc1ccc(C(=O)Oc2cc(C)ccc2C)cc1Br. The van der Waals surface area contributed by atoms with Gasteiger partial charge in [-0.3, -0.25) is 0 Å². The smallest absolute Gasteiger partial charge is 0.343 e. The third kappa shape index (κ3) is 4.83. The van der Waals surface area contributed by atoms with Crippen molar-refractivity contribution in [2.45, 2.75) is 33.6 Å². The maximum Gasteiger partial charge on any atom is 0.343 e. The zero-order chi connectivity index (χ0) is 16.8. The van der Waals surface area contributed by atoms with E-state index in [1.807, 2.05) is 32.0 Å². The lowest BCUT2D eigenvalue weighted by Gasteiger charge is -2.11. The molecule has 0 amide bonds. The number of carbonyl (C=O) groups is 1. The summed E-state index contributed by atoms with van der Waals surface area (Å²) in [5.41, 5.74) is 2.47. The van der Waals surface area contributed by atoms with Crippen molar-refractivity contribution in [3.8, 4) is 11.5 Å². The van der Waals surface area contributed by atoms with E-state index in [0.29, 0.717) is 17.9 Å². The number of carbonyl (C=O) groups excluding carboxylic acids is 1. The van der Waals surface area contributed by atoms with Gasteiger partial charge in [-0.25, -0.2) is 4.79 Å². The first kappa shape index (κ1) is 17.5. The van der Waals surface area contributed by atoms with Crippen LogP contribution in [0.15, 0.2) is 40.9 Å². The summed E-state index contributed by atoms with van der Waals surface area (Å²) in [5.74, 6) is 0.954. The van der Waals surface area contributed by atoms with Gasteiger partial charge >= 0.3 is 5.97 Å². The van der Waals surface area contributed by atoms with Crippen LogP contribution in [0.3, 0.4) is 0 Å². The zero-order valence-electron chi connectivity index (χ0n) is 13.7. The van der Waals surface area contributed by atoms with Gasteiger partial charge in [0.2, 0.25) is 0 Å². The second-order valence-electron chi connectivity index (χ2n) is 5.51. The molecule has 2 aromatic carbocycles. The molecule has 0 aliphatic rings. The Labute approximate surface area is 145 Å². The quantitative estimate of drug-likeness (QED) is 0.381. The molecule has 0 fully saturated rings. The van der Waals surface area contributed by atoms with Gasteiger partial charge in [-0.15, -0.1) is 0 Å². The maximum atomic E-state index is 12.3. The van der Waals surface area contributed by atoms with Crippen LogP contribution in [0.4, 0.5) is 0 Å². The van der Waals surface area contributed by atoms with E-state index >= 15 is 0 Å². The van der Waals surface area contributed by atoms with E-state index in [1.54, 1.807) is 18.2 Å². The largest absolute Gasteiger partial charge is 0.492 e. The number of halogens is 1. The van der Waals surface area contributed by atoms with Crippen molar-refractivity contribution in [1.29, 1.82) is 0 Å². The Morgan fingerprint density at radius 3 is 2.57 bits per heavy atom. The summed E-state index contributed by atoms with van der Waals surface area (Å²) in [6, 6.07) is 11.0. The van der Waals surface area contributed by atoms with Gasteiger partial charge in [-0.05, 0) is 71.6 Å². The minimum absolute atomic E-state index is 0.375. The van der Waals surface area contributed by atoms with E-state index in [2.05, 4.69) is 22.9 Å². The molecule has 0 heterocycles. The molecule has 0 radical (unpaired) electrons. The van der Waals surface area contributed by atoms with Gasteiger partial charge in [0, 0.05) is 0 Å². The second kappa shape index (κ2) is 8.16. The number of aryl methyl sites for hydroxylation is 2. The average Bonchev–Trinajstić information content (AvgIpc) is 2.52. The van der Waals surface area contributed by atoms with Crippen LogP contribution in [0, 0.1) is 13.8 Å². The molecule has 122 valence electrons. The summed E-state index contributed by atoms with van der Waals surface area (Å²) in [7, 11) is 0. The first-order valence-corrected chi connectivity index (χ1v) is 8.52. The number of unbranched alkanes of at least 4 members (excludes halogenated alkanes) is 1. The third-order valence-corrected chi connectivity index (χ3v) is 4.09.